The van der Waals surface area contributed by atoms with E-state index >= 15 is 0 Å². The molecule has 1 heterocycles. The Morgan fingerprint density at radius 2 is 1.92 bits per heavy atom. The van der Waals surface area contributed by atoms with Crippen molar-refractivity contribution < 1.29 is 9.53 Å². The second-order valence-electron chi connectivity index (χ2n) is 5.31. The zero-order valence-corrected chi connectivity index (χ0v) is 13.5. The molecule has 2 aromatic carbocycles. The van der Waals surface area contributed by atoms with Gasteiger partial charge < -0.3 is 10.1 Å². The van der Waals surface area contributed by atoms with Crippen LogP contribution in [0.5, 0.6) is 5.75 Å². The van der Waals surface area contributed by atoms with Crippen molar-refractivity contribution >= 4 is 11.6 Å². The first-order valence-corrected chi connectivity index (χ1v) is 7.50. The Kier molecular flexibility index (Phi) is 4.52. The number of nitrogens with one attached hydrogen (secondary N) is 1. The van der Waals surface area contributed by atoms with E-state index in [1.807, 2.05) is 55.5 Å². The van der Waals surface area contributed by atoms with Crippen LogP contribution < -0.4 is 10.1 Å². The van der Waals surface area contributed by atoms with Gasteiger partial charge in [0.2, 0.25) is 0 Å². The lowest BCUT2D eigenvalue weighted by molar-refractivity contribution is 0.102. The van der Waals surface area contributed by atoms with Gasteiger partial charge in [0.1, 0.15) is 12.1 Å². The largest absolute Gasteiger partial charge is 0.495 e. The molecule has 0 unspecified atom stereocenters. The molecule has 0 spiro atoms. The molecule has 0 atom stereocenters. The number of methoxy groups -OCH3 is 1. The van der Waals surface area contributed by atoms with Gasteiger partial charge in [0.15, 0.2) is 0 Å². The van der Waals surface area contributed by atoms with Gasteiger partial charge in [0, 0.05) is 11.8 Å². The number of amides is 1. The van der Waals surface area contributed by atoms with E-state index in [1.165, 1.54) is 12.5 Å². The Labute approximate surface area is 140 Å². The summed E-state index contributed by atoms with van der Waals surface area (Å²) in [6, 6.07) is 15.2. The molecule has 5 heteroatoms. The zero-order chi connectivity index (χ0) is 16.9. The molecular weight excluding hydrogens is 302 g/mol. The second kappa shape index (κ2) is 6.91. The number of rotatable bonds is 4. The maximum absolute atomic E-state index is 12.7. The van der Waals surface area contributed by atoms with Gasteiger partial charge in [-0.3, -0.25) is 4.79 Å². The van der Waals surface area contributed by atoms with Crippen LogP contribution in [0.15, 0.2) is 61.1 Å². The molecule has 1 aromatic heterocycles. The van der Waals surface area contributed by atoms with Crippen molar-refractivity contribution in [3.63, 3.8) is 0 Å². The van der Waals surface area contributed by atoms with E-state index in [0.29, 0.717) is 22.7 Å². The van der Waals surface area contributed by atoms with Gasteiger partial charge in [-0.05, 0) is 24.6 Å². The highest BCUT2D eigenvalue weighted by Crippen LogP contribution is 2.27. The minimum absolute atomic E-state index is 0.279. The van der Waals surface area contributed by atoms with Crippen molar-refractivity contribution in [2.75, 3.05) is 12.4 Å². The van der Waals surface area contributed by atoms with E-state index < -0.39 is 0 Å². The summed E-state index contributed by atoms with van der Waals surface area (Å²) in [5.41, 5.74) is 3.51. The third kappa shape index (κ3) is 3.25. The summed E-state index contributed by atoms with van der Waals surface area (Å²) in [5, 5.41) is 2.88. The number of aromatic nitrogens is 2. The molecule has 0 radical (unpaired) electrons. The van der Waals surface area contributed by atoms with Crippen LogP contribution in [0.2, 0.25) is 0 Å². The highest BCUT2D eigenvalue weighted by molar-refractivity contribution is 6.08. The van der Waals surface area contributed by atoms with E-state index in [0.717, 1.165) is 11.1 Å². The molecule has 0 aliphatic rings. The fraction of sp³-hybridized carbons (Fsp3) is 0.105. The van der Waals surface area contributed by atoms with Crippen LogP contribution in [0.1, 0.15) is 15.9 Å². The summed E-state index contributed by atoms with van der Waals surface area (Å²) in [6.45, 7) is 1.95. The fourth-order valence-electron chi connectivity index (χ4n) is 2.43. The van der Waals surface area contributed by atoms with E-state index in [-0.39, 0.29) is 5.91 Å². The number of ether oxygens (including phenoxy) is 1. The maximum Gasteiger partial charge on any atom is 0.259 e. The lowest BCUT2D eigenvalue weighted by Gasteiger charge is -2.12. The number of carbonyl (C=O) groups is 1. The molecule has 0 saturated heterocycles. The average Bonchev–Trinajstić information content (AvgIpc) is 2.62. The van der Waals surface area contributed by atoms with E-state index in [9.17, 15) is 4.79 Å². The summed E-state index contributed by atoms with van der Waals surface area (Å²) in [6.07, 6.45) is 2.96. The molecule has 1 amide bonds. The van der Waals surface area contributed by atoms with Crippen molar-refractivity contribution in [3.8, 4) is 17.0 Å². The van der Waals surface area contributed by atoms with Crippen molar-refractivity contribution in [1.82, 2.24) is 9.97 Å². The van der Waals surface area contributed by atoms with Crippen LogP contribution in [-0.4, -0.2) is 23.0 Å². The van der Waals surface area contributed by atoms with Gasteiger partial charge in [0.25, 0.3) is 5.91 Å². The van der Waals surface area contributed by atoms with Crippen LogP contribution in [0.25, 0.3) is 11.3 Å². The number of nitrogens with zero attached hydrogens (tertiary/aromatic N) is 2. The SMILES string of the molecule is COc1ccc(C)cc1NC(=O)c1cncnc1-c1ccccc1. The lowest BCUT2D eigenvalue weighted by Crippen LogP contribution is -2.15. The highest BCUT2D eigenvalue weighted by atomic mass is 16.5. The Balaban J connectivity index is 1.96. The molecule has 0 fully saturated rings. The number of hydrogen-bond donors (Lipinski definition) is 1. The van der Waals surface area contributed by atoms with E-state index in [4.69, 9.17) is 4.74 Å². The molecule has 5 nitrogen and oxygen atoms in total. The smallest absolute Gasteiger partial charge is 0.259 e. The summed E-state index contributed by atoms with van der Waals surface area (Å²) in [7, 11) is 1.57. The summed E-state index contributed by atoms with van der Waals surface area (Å²) >= 11 is 0. The maximum atomic E-state index is 12.7. The average molecular weight is 319 g/mol. The topological polar surface area (TPSA) is 64.1 Å². The molecule has 3 rings (SSSR count). The minimum Gasteiger partial charge on any atom is -0.495 e. The Hall–Kier alpha value is -3.21. The fourth-order valence-corrected chi connectivity index (χ4v) is 2.43. The Bertz CT molecular complexity index is 863. The number of benzene rings is 2. The molecule has 0 saturated carbocycles. The molecule has 0 aliphatic carbocycles. The summed E-state index contributed by atoms with van der Waals surface area (Å²) in [4.78, 5) is 21.0. The van der Waals surface area contributed by atoms with Crippen LogP contribution in [-0.2, 0) is 0 Å². The first-order chi connectivity index (χ1) is 11.7. The predicted octanol–water partition coefficient (Wildman–Crippen LogP) is 3.71. The van der Waals surface area contributed by atoms with Gasteiger partial charge in [0.05, 0.1) is 24.1 Å². The molecule has 3 aromatic rings. The predicted molar refractivity (Wildman–Crippen MR) is 93.2 cm³/mol. The molecule has 1 N–H and O–H groups in total. The van der Waals surface area contributed by atoms with Crippen LogP contribution >= 0.6 is 0 Å². The van der Waals surface area contributed by atoms with Crippen LogP contribution in [0.3, 0.4) is 0 Å². The minimum atomic E-state index is -0.279. The van der Waals surface area contributed by atoms with Gasteiger partial charge >= 0.3 is 0 Å². The molecule has 0 aliphatic heterocycles. The van der Waals surface area contributed by atoms with Crippen molar-refractivity contribution in [2.24, 2.45) is 0 Å². The zero-order valence-electron chi connectivity index (χ0n) is 13.5. The highest BCUT2D eigenvalue weighted by Gasteiger charge is 2.16. The normalized spacial score (nSPS) is 10.2. The van der Waals surface area contributed by atoms with Gasteiger partial charge in [-0.15, -0.1) is 0 Å². The van der Waals surface area contributed by atoms with Gasteiger partial charge in [-0.2, -0.15) is 0 Å². The Morgan fingerprint density at radius 3 is 2.67 bits per heavy atom. The number of carbonyl (C=O) groups excluding carboxylic acids is 1. The Morgan fingerprint density at radius 1 is 1.12 bits per heavy atom. The molecule has 0 bridgehead atoms. The summed E-state index contributed by atoms with van der Waals surface area (Å²) in [5.74, 6) is 0.324. The van der Waals surface area contributed by atoms with Crippen LogP contribution in [0.4, 0.5) is 5.69 Å². The van der Waals surface area contributed by atoms with Crippen molar-refractivity contribution in [3.05, 3.63) is 72.2 Å². The van der Waals surface area contributed by atoms with Crippen LogP contribution in [0, 0.1) is 6.92 Å². The monoisotopic (exact) mass is 319 g/mol. The summed E-state index contributed by atoms with van der Waals surface area (Å²) < 4.78 is 5.31. The molecule has 24 heavy (non-hydrogen) atoms. The molecular formula is C19H17N3O2. The second-order valence-corrected chi connectivity index (χ2v) is 5.31. The first kappa shape index (κ1) is 15.7. The van der Waals surface area contributed by atoms with Gasteiger partial charge in [-0.1, -0.05) is 36.4 Å². The number of aryl methyl sites for hydroxylation is 1. The van der Waals surface area contributed by atoms with E-state index in [2.05, 4.69) is 15.3 Å². The number of anilines is 1. The quantitative estimate of drug-likeness (QED) is 0.796. The standard InChI is InChI=1S/C19H17N3O2/c1-13-8-9-17(24-2)16(10-13)22-19(23)15-11-20-12-21-18(15)14-6-4-3-5-7-14/h3-12H,1-2H3,(H,22,23). The number of hydrogen-bond acceptors (Lipinski definition) is 4. The van der Waals surface area contributed by atoms with Crippen molar-refractivity contribution in [1.29, 1.82) is 0 Å². The lowest BCUT2D eigenvalue weighted by atomic mass is 10.1. The van der Waals surface area contributed by atoms with Crippen molar-refractivity contribution in [2.45, 2.75) is 6.92 Å². The third-order valence-electron chi connectivity index (χ3n) is 3.61. The third-order valence-corrected chi connectivity index (χ3v) is 3.61. The van der Waals surface area contributed by atoms with Gasteiger partial charge in [-0.25, -0.2) is 9.97 Å². The first-order valence-electron chi connectivity index (χ1n) is 7.50. The van der Waals surface area contributed by atoms with E-state index in [1.54, 1.807) is 7.11 Å². The molecule has 120 valence electrons.